The number of nitrogens with one attached hydrogen (secondary N) is 1. The van der Waals surface area contributed by atoms with Crippen LogP contribution in [0.3, 0.4) is 0 Å². The van der Waals surface area contributed by atoms with Crippen LogP contribution in [0.4, 0.5) is 5.69 Å². The summed E-state index contributed by atoms with van der Waals surface area (Å²) >= 11 is 0. The third-order valence-corrected chi connectivity index (χ3v) is 5.59. The minimum absolute atomic E-state index is 0.226. The normalized spacial score (nSPS) is 22.2. The molecule has 2 aliphatic rings. The molecule has 0 bridgehead atoms. The Bertz CT molecular complexity index is 669. The first kappa shape index (κ1) is 14.5. The van der Waals surface area contributed by atoms with Crippen molar-refractivity contribution in [2.45, 2.75) is 38.1 Å². The summed E-state index contributed by atoms with van der Waals surface area (Å²) in [6.07, 6.45) is 5.80. The first-order valence-electron chi connectivity index (χ1n) is 7.34. The summed E-state index contributed by atoms with van der Waals surface area (Å²) in [6, 6.07) is 5.40. The van der Waals surface area contributed by atoms with Crippen LogP contribution in [0.15, 0.2) is 18.2 Å². The lowest BCUT2D eigenvalue weighted by Crippen LogP contribution is -2.42. The van der Waals surface area contributed by atoms with E-state index < -0.39 is 16.1 Å². The molecule has 0 saturated carbocycles. The van der Waals surface area contributed by atoms with Gasteiger partial charge in [-0.25, -0.2) is 8.42 Å². The van der Waals surface area contributed by atoms with Gasteiger partial charge in [0, 0.05) is 12.2 Å². The monoisotopic (exact) mass is 308 g/mol. The smallest absolute Gasteiger partial charge is 0.242 e. The van der Waals surface area contributed by atoms with Crippen LogP contribution in [0.1, 0.15) is 30.4 Å². The number of nitrogens with zero attached hydrogens (tertiary/aromatic N) is 1. The average Bonchev–Trinajstić information content (AvgIpc) is 3.06. The van der Waals surface area contributed by atoms with Gasteiger partial charge in [0.2, 0.25) is 15.9 Å². The van der Waals surface area contributed by atoms with Gasteiger partial charge in [-0.1, -0.05) is 6.07 Å². The summed E-state index contributed by atoms with van der Waals surface area (Å²) in [7, 11) is -3.33. The number of aryl methyl sites for hydroxylation is 2. The number of fused-ring (bicyclic) bond motifs is 1. The van der Waals surface area contributed by atoms with E-state index in [1.807, 2.05) is 12.1 Å². The van der Waals surface area contributed by atoms with Gasteiger partial charge in [0.05, 0.1) is 6.26 Å². The fraction of sp³-hybridized carbons (Fsp3) is 0.533. The van der Waals surface area contributed by atoms with Gasteiger partial charge in [-0.2, -0.15) is 4.31 Å². The van der Waals surface area contributed by atoms with Crippen LogP contribution in [0, 0.1) is 0 Å². The molecule has 114 valence electrons. The minimum Gasteiger partial charge on any atom is -0.325 e. The molecule has 1 aromatic carbocycles. The predicted molar refractivity (Wildman–Crippen MR) is 81.7 cm³/mol. The molecule has 1 aliphatic heterocycles. The van der Waals surface area contributed by atoms with Gasteiger partial charge in [-0.3, -0.25) is 4.79 Å². The highest BCUT2D eigenvalue weighted by molar-refractivity contribution is 7.88. The fourth-order valence-electron chi connectivity index (χ4n) is 3.27. The Labute approximate surface area is 125 Å². The maximum atomic E-state index is 12.4. The Balaban J connectivity index is 1.74. The molecule has 1 amide bonds. The van der Waals surface area contributed by atoms with E-state index in [0.717, 1.165) is 37.6 Å². The number of carbonyl (C=O) groups is 1. The number of carbonyl (C=O) groups excluding carboxylic acids is 1. The quantitative estimate of drug-likeness (QED) is 0.921. The topological polar surface area (TPSA) is 66.5 Å². The number of anilines is 1. The number of amides is 1. The largest absolute Gasteiger partial charge is 0.325 e. The van der Waals surface area contributed by atoms with E-state index in [0.29, 0.717) is 13.0 Å². The molecule has 1 N–H and O–H groups in total. The van der Waals surface area contributed by atoms with E-state index in [1.54, 1.807) is 0 Å². The van der Waals surface area contributed by atoms with Crippen molar-refractivity contribution in [3.63, 3.8) is 0 Å². The summed E-state index contributed by atoms with van der Waals surface area (Å²) in [5, 5.41) is 2.87. The predicted octanol–water partition coefficient (Wildman–Crippen LogP) is 1.54. The molecular weight excluding hydrogens is 288 g/mol. The van der Waals surface area contributed by atoms with Crippen LogP contribution < -0.4 is 5.32 Å². The highest BCUT2D eigenvalue weighted by Crippen LogP contribution is 2.26. The molecule has 5 nitrogen and oxygen atoms in total. The molecule has 0 radical (unpaired) electrons. The Morgan fingerprint density at radius 3 is 2.76 bits per heavy atom. The molecule has 6 heteroatoms. The molecule has 1 heterocycles. The van der Waals surface area contributed by atoms with Crippen LogP contribution in [-0.2, 0) is 27.7 Å². The standard InChI is InChI=1S/C15H20N2O3S/c1-21(19,20)17-9-3-6-14(17)15(18)16-13-8-7-11-4-2-5-12(11)10-13/h7-8,10,14H,2-6,9H2,1H3,(H,16,18)/t14-/m0/s1. The van der Waals surface area contributed by atoms with Crippen molar-refractivity contribution >= 4 is 21.6 Å². The second kappa shape index (κ2) is 5.42. The average molecular weight is 308 g/mol. The van der Waals surface area contributed by atoms with Crippen molar-refractivity contribution in [2.75, 3.05) is 18.1 Å². The van der Waals surface area contributed by atoms with Crippen molar-refractivity contribution in [1.82, 2.24) is 4.31 Å². The van der Waals surface area contributed by atoms with E-state index in [9.17, 15) is 13.2 Å². The van der Waals surface area contributed by atoms with Crippen molar-refractivity contribution < 1.29 is 13.2 Å². The van der Waals surface area contributed by atoms with E-state index in [1.165, 1.54) is 15.4 Å². The number of hydrogen-bond acceptors (Lipinski definition) is 3. The summed E-state index contributed by atoms with van der Waals surface area (Å²) < 4.78 is 24.7. The zero-order valence-corrected chi connectivity index (χ0v) is 12.9. The van der Waals surface area contributed by atoms with Crippen molar-refractivity contribution in [2.24, 2.45) is 0 Å². The van der Waals surface area contributed by atoms with E-state index >= 15 is 0 Å². The fourth-order valence-corrected chi connectivity index (χ4v) is 4.40. The van der Waals surface area contributed by atoms with Crippen molar-refractivity contribution in [1.29, 1.82) is 0 Å². The van der Waals surface area contributed by atoms with Crippen molar-refractivity contribution in [3.8, 4) is 0 Å². The zero-order chi connectivity index (χ0) is 15.0. The first-order chi connectivity index (χ1) is 9.95. The van der Waals surface area contributed by atoms with Crippen LogP contribution in [0.25, 0.3) is 0 Å². The van der Waals surface area contributed by atoms with Crippen LogP contribution >= 0.6 is 0 Å². The molecule has 0 aromatic heterocycles. The summed E-state index contributed by atoms with van der Waals surface area (Å²) in [5.74, 6) is -0.226. The molecule has 0 spiro atoms. The molecule has 1 aliphatic carbocycles. The maximum Gasteiger partial charge on any atom is 0.242 e. The third-order valence-electron chi connectivity index (χ3n) is 4.30. The molecule has 1 saturated heterocycles. The van der Waals surface area contributed by atoms with Gasteiger partial charge in [0.25, 0.3) is 0 Å². The Kier molecular flexibility index (Phi) is 3.75. The van der Waals surface area contributed by atoms with Gasteiger partial charge in [0.1, 0.15) is 6.04 Å². The van der Waals surface area contributed by atoms with Gasteiger partial charge >= 0.3 is 0 Å². The number of sulfonamides is 1. The second-order valence-electron chi connectivity index (χ2n) is 5.86. The number of rotatable bonds is 3. The Morgan fingerprint density at radius 1 is 1.24 bits per heavy atom. The maximum absolute atomic E-state index is 12.4. The lowest BCUT2D eigenvalue weighted by Gasteiger charge is -2.21. The van der Waals surface area contributed by atoms with Crippen LogP contribution in [-0.4, -0.2) is 37.5 Å². The summed E-state index contributed by atoms with van der Waals surface area (Å²) in [5.41, 5.74) is 3.41. The molecule has 21 heavy (non-hydrogen) atoms. The molecule has 1 aromatic rings. The Morgan fingerprint density at radius 2 is 2.00 bits per heavy atom. The van der Waals surface area contributed by atoms with E-state index in [-0.39, 0.29) is 5.91 Å². The van der Waals surface area contributed by atoms with Gasteiger partial charge in [0.15, 0.2) is 0 Å². The second-order valence-corrected chi connectivity index (χ2v) is 7.79. The van der Waals surface area contributed by atoms with E-state index in [4.69, 9.17) is 0 Å². The highest BCUT2D eigenvalue weighted by Gasteiger charge is 2.36. The van der Waals surface area contributed by atoms with E-state index in [2.05, 4.69) is 11.4 Å². The molecular formula is C15H20N2O3S. The lowest BCUT2D eigenvalue weighted by atomic mass is 10.1. The summed E-state index contributed by atoms with van der Waals surface area (Å²) in [4.78, 5) is 12.4. The van der Waals surface area contributed by atoms with Crippen molar-refractivity contribution in [3.05, 3.63) is 29.3 Å². The minimum atomic E-state index is -3.33. The molecule has 1 fully saturated rings. The van der Waals surface area contributed by atoms with Gasteiger partial charge in [-0.05, 0) is 55.4 Å². The zero-order valence-electron chi connectivity index (χ0n) is 12.1. The Hall–Kier alpha value is -1.40. The SMILES string of the molecule is CS(=O)(=O)N1CCC[C@H]1C(=O)Nc1ccc2c(c1)CCC2. The van der Waals surface area contributed by atoms with Crippen LogP contribution in [0.2, 0.25) is 0 Å². The van der Waals surface area contributed by atoms with Gasteiger partial charge in [-0.15, -0.1) is 0 Å². The highest BCUT2D eigenvalue weighted by atomic mass is 32.2. The summed E-state index contributed by atoms with van der Waals surface area (Å²) in [6.45, 7) is 0.432. The lowest BCUT2D eigenvalue weighted by molar-refractivity contribution is -0.119. The van der Waals surface area contributed by atoms with Gasteiger partial charge < -0.3 is 5.32 Å². The van der Waals surface area contributed by atoms with Crippen LogP contribution in [0.5, 0.6) is 0 Å². The molecule has 0 unspecified atom stereocenters. The number of hydrogen-bond donors (Lipinski definition) is 1. The number of benzene rings is 1. The third kappa shape index (κ3) is 2.96. The molecule has 3 rings (SSSR count). The molecule has 1 atom stereocenters. The first-order valence-corrected chi connectivity index (χ1v) is 9.19.